The second-order valence-electron chi connectivity index (χ2n) is 5.07. The highest BCUT2D eigenvalue weighted by atomic mass is 35.5. The monoisotopic (exact) mass is 334 g/mol. The molecular formula is C17H19ClN2OS. The number of thiocarbonyl (C=S) groups is 1. The number of rotatable bonds is 4. The molecule has 0 aliphatic rings. The molecule has 0 radical (unpaired) electrons. The van der Waals surface area contributed by atoms with Gasteiger partial charge in [-0.3, -0.25) is 0 Å². The maximum absolute atomic E-state index is 5.87. The van der Waals surface area contributed by atoms with Gasteiger partial charge < -0.3 is 15.4 Å². The minimum Gasteiger partial charge on any atom is -0.496 e. The zero-order valence-electron chi connectivity index (χ0n) is 12.8. The van der Waals surface area contributed by atoms with E-state index in [0.29, 0.717) is 10.1 Å². The van der Waals surface area contributed by atoms with Gasteiger partial charge in [0.15, 0.2) is 5.11 Å². The standard InChI is InChI=1S/C17H19ClN2OS/c1-11-4-9-16(21-3)15(10-11)12(2)19-17(22)20-14-7-5-13(18)6-8-14/h4-10,12H,1-3H3,(H2,19,20,22)/t12-/m1/s1. The first-order chi connectivity index (χ1) is 10.5. The maximum Gasteiger partial charge on any atom is 0.171 e. The van der Waals surface area contributed by atoms with E-state index >= 15 is 0 Å². The van der Waals surface area contributed by atoms with Crippen LogP contribution in [0.15, 0.2) is 42.5 Å². The van der Waals surface area contributed by atoms with Crippen LogP contribution in [0.5, 0.6) is 5.75 Å². The third-order valence-corrected chi connectivity index (χ3v) is 3.77. The fourth-order valence-electron chi connectivity index (χ4n) is 2.17. The van der Waals surface area contributed by atoms with Gasteiger partial charge >= 0.3 is 0 Å². The molecule has 0 aromatic heterocycles. The van der Waals surface area contributed by atoms with E-state index in [9.17, 15) is 0 Å². The van der Waals surface area contributed by atoms with Crippen molar-refractivity contribution in [2.75, 3.05) is 12.4 Å². The molecule has 0 bridgehead atoms. The Balaban J connectivity index is 2.05. The predicted octanol–water partition coefficient (Wildman–Crippen LogP) is 4.70. The molecule has 0 fully saturated rings. The lowest BCUT2D eigenvalue weighted by molar-refractivity contribution is 0.405. The first-order valence-corrected chi connectivity index (χ1v) is 7.76. The summed E-state index contributed by atoms with van der Waals surface area (Å²) in [5.41, 5.74) is 3.15. The molecule has 0 saturated heterocycles. The molecule has 0 amide bonds. The van der Waals surface area contributed by atoms with Gasteiger partial charge in [0.1, 0.15) is 5.75 Å². The Morgan fingerprint density at radius 1 is 1.18 bits per heavy atom. The Bertz CT molecular complexity index is 658. The maximum atomic E-state index is 5.87. The number of ether oxygens (including phenoxy) is 1. The lowest BCUT2D eigenvalue weighted by Crippen LogP contribution is -2.31. The molecular weight excluding hydrogens is 316 g/mol. The van der Waals surface area contributed by atoms with Gasteiger partial charge in [-0.15, -0.1) is 0 Å². The number of benzene rings is 2. The first kappa shape index (κ1) is 16.6. The topological polar surface area (TPSA) is 33.3 Å². The minimum absolute atomic E-state index is 0.0298. The Morgan fingerprint density at radius 3 is 2.50 bits per heavy atom. The number of hydrogen-bond donors (Lipinski definition) is 2. The lowest BCUT2D eigenvalue weighted by atomic mass is 10.0. The summed E-state index contributed by atoms with van der Waals surface area (Å²) in [6.07, 6.45) is 0. The second kappa shape index (κ2) is 7.47. The van der Waals surface area contributed by atoms with E-state index in [2.05, 4.69) is 23.6 Å². The van der Waals surface area contributed by atoms with Gasteiger partial charge in [-0.1, -0.05) is 29.3 Å². The van der Waals surface area contributed by atoms with Crippen molar-refractivity contribution in [2.45, 2.75) is 19.9 Å². The molecule has 0 unspecified atom stereocenters. The average Bonchev–Trinajstić information content (AvgIpc) is 2.49. The molecule has 2 aromatic carbocycles. The van der Waals surface area contributed by atoms with Crippen LogP contribution in [0.3, 0.4) is 0 Å². The van der Waals surface area contributed by atoms with Crippen LogP contribution in [-0.2, 0) is 0 Å². The zero-order chi connectivity index (χ0) is 16.1. The highest BCUT2D eigenvalue weighted by Gasteiger charge is 2.12. The summed E-state index contributed by atoms with van der Waals surface area (Å²) < 4.78 is 5.42. The fourth-order valence-corrected chi connectivity index (χ4v) is 2.59. The third-order valence-electron chi connectivity index (χ3n) is 3.30. The molecule has 0 saturated carbocycles. The summed E-state index contributed by atoms with van der Waals surface area (Å²) in [4.78, 5) is 0. The van der Waals surface area contributed by atoms with E-state index in [4.69, 9.17) is 28.6 Å². The molecule has 0 aliphatic carbocycles. The summed E-state index contributed by atoms with van der Waals surface area (Å²) in [7, 11) is 1.67. The van der Waals surface area contributed by atoms with Crippen molar-refractivity contribution in [2.24, 2.45) is 0 Å². The Labute approximate surface area is 141 Å². The third kappa shape index (κ3) is 4.36. The van der Waals surface area contributed by atoms with Gasteiger partial charge in [-0.05, 0) is 56.4 Å². The van der Waals surface area contributed by atoms with E-state index in [-0.39, 0.29) is 6.04 Å². The molecule has 0 heterocycles. The average molecular weight is 335 g/mol. The van der Waals surface area contributed by atoms with E-state index in [0.717, 1.165) is 17.0 Å². The van der Waals surface area contributed by atoms with Crippen LogP contribution >= 0.6 is 23.8 Å². The summed E-state index contributed by atoms with van der Waals surface area (Å²) in [5.74, 6) is 0.847. The van der Waals surface area contributed by atoms with Crippen molar-refractivity contribution in [1.29, 1.82) is 0 Å². The van der Waals surface area contributed by atoms with Gasteiger partial charge in [0, 0.05) is 16.3 Å². The van der Waals surface area contributed by atoms with Gasteiger partial charge in [-0.2, -0.15) is 0 Å². The molecule has 0 spiro atoms. The summed E-state index contributed by atoms with van der Waals surface area (Å²) in [6, 6.07) is 13.5. The van der Waals surface area contributed by atoms with Crippen LogP contribution in [-0.4, -0.2) is 12.2 Å². The molecule has 5 heteroatoms. The predicted molar refractivity (Wildman–Crippen MR) is 97.0 cm³/mol. The Hall–Kier alpha value is -1.78. The van der Waals surface area contributed by atoms with E-state index in [1.54, 1.807) is 7.11 Å². The van der Waals surface area contributed by atoms with Crippen LogP contribution in [0, 0.1) is 6.92 Å². The molecule has 22 heavy (non-hydrogen) atoms. The molecule has 3 nitrogen and oxygen atoms in total. The SMILES string of the molecule is COc1ccc(C)cc1[C@@H](C)NC(=S)Nc1ccc(Cl)cc1. The first-order valence-electron chi connectivity index (χ1n) is 6.97. The Kier molecular flexibility index (Phi) is 5.63. The van der Waals surface area contributed by atoms with E-state index in [1.165, 1.54) is 5.56 Å². The van der Waals surface area contributed by atoms with Gasteiger partial charge in [-0.25, -0.2) is 0 Å². The van der Waals surface area contributed by atoms with Crippen molar-refractivity contribution in [1.82, 2.24) is 5.32 Å². The number of halogens is 1. The van der Waals surface area contributed by atoms with E-state index < -0.39 is 0 Å². The van der Waals surface area contributed by atoms with Crippen molar-refractivity contribution in [3.63, 3.8) is 0 Å². The number of methoxy groups -OCH3 is 1. The Morgan fingerprint density at radius 2 is 1.86 bits per heavy atom. The van der Waals surface area contributed by atoms with Gasteiger partial charge in [0.2, 0.25) is 0 Å². The van der Waals surface area contributed by atoms with E-state index in [1.807, 2.05) is 43.3 Å². The largest absolute Gasteiger partial charge is 0.496 e. The van der Waals surface area contributed by atoms with Crippen molar-refractivity contribution >= 4 is 34.6 Å². The quantitative estimate of drug-likeness (QED) is 0.794. The summed E-state index contributed by atoms with van der Waals surface area (Å²) >= 11 is 11.2. The summed E-state index contributed by atoms with van der Waals surface area (Å²) in [6.45, 7) is 4.10. The molecule has 116 valence electrons. The van der Waals surface area contributed by atoms with Crippen molar-refractivity contribution < 1.29 is 4.74 Å². The normalized spacial score (nSPS) is 11.6. The zero-order valence-corrected chi connectivity index (χ0v) is 14.4. The summed E-state index contributed by atoms with van der Waals surface area (Å²) in [5, 5.41) is 7.66. The van der Waals surface area contributed by atoms with Crippen LogP contribution in [0.1, 0.15) is 24.1 Å². The highest BCUT2D eigenvalue weighted by molar-refractivity contribution is 7.80. The number of anilines is 1. The second-order valence-corrected chi connectivity index (χ2v) is 5.92. The van der Waals surface area contributed by atoms with Crippen LogP contribution in [0.25, 0.3) is 0 Å². The molecule has 1 atom stereocenters. The molecule has 2 aromatic rings. The molecule has 0 aliphatic heterocycles. The molecule has 2 rings (SSSR count). The lowest BCUT2D eigenvalue weighted by Gasteiger charge is -2.20. The number of nitrogens with one attached hydrogen (secondary N) is 2. The minimum atomic E-state index is 0.0298. The smallest absolute Gasteiger partial charge is 0.171 e. The molecule has 2 N–H and O–H groups in total. The van der Waals surface area contributed by atoms with Crippen molar-refractivity contribution in [3.8, 4) is 5.75 Å². The van der Waals surface area contributed by atoms with Gasteiger partial charge in [0.25, 0.3) is 0 Å². The van der Waals surface area contributed by atoms with Crippen molar-refractivity contribution in [3.05, 3.63) is 58.6 Å². The van der Waals surface area contributed by atoms with Gasteiger partial charge in [0.05, 0.1) is 13.2 Å². The van der Waals surface area contributed by atoms with Crippen LogP contribution < -0.4 is 15.4 Å². The highest BCUT2D eigenvalue weighted by Crippen LogP contribution is 2.26. The van der Waals surface area contributed by atoms with Crippen LogP contribution in [0.4, 0.5) is 5.69 Å². The number of aryl methyl sites for hydroxylation is 1. The fraction of sp³-hybridized carbons (Fsp3) is 0.235. The van der Waals surface area contributed by atoms with Crippen LogP contribution in [0.2, 0.25) is 5.02 Å². The number of hydrogen-bond acceptors (Lipinski definition) is 2.